The largest absolute Gasteiger partial charge is 0.479 e. The first-order valence-corrected chi connectivity index (χ1v) is 15.2. The molecule has 1 aliphatic heterocycles. The number of aliphatic hydroxyl groups is 12. The lowest BCUT2D eigenvalue weighted by atomic mass is 9.96. The van der Waals surface area contributed by atoms with E-state index in [-0.39, 0.29) is 57.9 Å². The fourth-order valence-electron chi connectivity index (χ4n) is 4.09. The highest BCUT2D eigenvalue weighted by Crippen LogP contribution is 2.27. The molecule has 1 heterocycles. The number of carbonyl (C=O) groups is 1. The van der Waals surface area contributed by atoms with Crippen molar-refractivity contribution in [2.24, 2.45) is 0 Å². The molecule has 0 spiro atoms. The predicted octanol–water partition coefficient (Wildman–Crippen LogP) is -5.65. The average molecular weight is 680 g/mol. The van der Waals surface area contributed by atoms with Crippen LogP contribution in [0.5, 0.6) is 0 Å². The Labute approximate surface area is 268 Å². The monoisotopic (exact) mass is 679 g/mol. The van der Waals surface area contributed by atoms with E-state index in [1.165, 1.54) is 4.90 Å². The number of carboxylic acids is 1. The fraction of sp³-hybridized carbons (Fsp3) is 0.964. The minimum Gasteiger partial charge on any atom is -0.479 e. The Kier molecular flexibility index (Phi) is 22.6. The number of aliphatic hydroxyl groups excluding tert-OH is 12. The van der Waals surface area contributed by atoms with E-state index in [0.717, 1.165) is 0 Å². The van der Waals surface area contributed by atoms with Crippen molar-refractivity contribution in [3.8, 4) is 0 Å². The van der Waals surface area contributed by atoms with Crippen molar-refractivity contribution in [1.82, 2.24) is 4.90 Å². The lowest BCUT2D eigenvalue weighted by Crippen LogP contribution is -2.51. The van der Waals surface area contributed by atoms with Crippen LogP contribution in [0.1, 0.15) is 40.0 Å². The number of ether oxygens (including phenoxy) is 3. The van der Waals surface area contributed by atoms with Crippen LogP contribution in [-0.4, -0.2) is 209 Å². The summed E-state index contributed by atoms with van der Waals surface area (Å²) in [4.78, 5) is 11.6. The second kappa shape index (κ2) is 23.2. The van der Waals surface area contributed by atoms with Crippen molar-refractivity contribution in [2.45, 2.75) is 113 Å². The van der Waals surface area contributed by atoms with E-state index in [2.05, 4.69) is 0 Å². The molecule has 0 aliphatic carbocycles. The molecule has 12 unspecified atom stereocenters. The summed E-state index contributed by atoms with van der Waals surface area (Å²) in [7, 11) is 0. The summed E-state index contributed by atoms with van der Waals surface area (Å²) in [6.45, 7) is 3.24. The highest BCUT2D eigenvalue weighted by Gasteiger charge is 2.39. The van der Waals surface area contributed by atoms with Crippen LogP contribution in [0.25, 0.3) is 0 Å². The Bertz CT molecular complexity index is 773. The highest BCUT2D eigenvalue weighted by atomic mass is 16.6. The molecule has 1 aliphatic rings. The van der Waals surface area contributed by atoms with Gasteiger partial charge in [-0.15, -0.1) is 0 Å². The zero-order valence-electron chi connectivity index (χ0n) is 26.7. The SMILES string of the molecule is CCC(C)(OCC1OC1C)C(O)COCC(O)C(=O)O.OCCC(O)C(O)C(O)CN(CC(O)CO)CC(O)C(O)C(O)CCO. The minimum atomic E-state index is -1.60. The van der Waals surface area contributed by atoms with Crippen molar-refractivity contribution in [3.63, 3.8) is 0 Å². The van der Waals surface area contributed by atoms with Crippen LogP contribution in [0.2, 0.25) is 0 Å². The van der Waals surface area contributed by atoms with Crippen molar-refractivity contribution in [1.29, 1.82) is 0 Å². The van der Waals surface area contributed by atoms with E-state index in [0.29, 0.717) is 13.0 Å². The molecule has 276 valence electrons. The van der Waals surface area contributed by atoms with Crippen molar-refractivity contribution >= 4 is 5.97 Å². The van der Waals surface area contributed by atoms with Crippen LogP contribution >= 0.6 is 0 Å². The van der Waals surface area contributed by atoms with Gasteiger partial charge in [-0.1, -0.05) is 6.92 Å². The summed E-state index contributed by atoms with van der Waals surface area (Å²) in [6, 6.07) is 0. The van der Waals surface area contributed by atoms with Gasteiger partial charge in [0.15, 0.2) is 6.10 Å². The second-order valence-corrected chi connectivity index (χ2v) is 11.6. The summed E-state index contributed by atoms with van der Waals surface area (Å²) in [5, 5.41) is 123. The number of carboxylic acid groups (broad SMARTS) is 1. The van der Waals surface area contributed by atoms with Gasteiger partial charge >= 0.3 is 5.97 Å². The molecule has 18 nitrogen and oxygen atoms in total. The second-order valence-electron chi connectivity index (χ2n) is 11.6. The number of nitrogens with zero attached hydrogens (tertiary/aromatic N) is 1. The van der Waals surface area contributed by atoms with Gasteiger partial charge in [-0.3, -0.25) is 4.90 Å². The quantitative estimate of drug-likeness (QED) is 0.0400. The number of rotatable bonds is 25. The van der Waals surface area contributed by atoms with E-state index >= 15 is 0 Å². The van der Waals surface area contributed by atoms with Crippen molar-refractivity contribution < 1.29 is 85.4 Å². The van der Waals surface area contributed by atoms with Gasteiger partial charge in [-0.2, -0.15) is 0 Å². The van der Waals surface area contributed by atoms with Gasteiger partial charge in [0.1, 0.15) is 24.4 Å². The molecule has 0 aromatic rings. The summed E-state index contributed by atoms with van der Waals surface area (Å²) in [5.74, 6) is -1.35. The average Bonchev–Trinajstić information content (AvgIpc) is 3.73. The van der Waals surface area contributed by atoms with E-state index in [1.807, 2.05) is 13.8 Å². The Morgan fingerprint density at radius 3 is 1.67 bits per heavy atom. The van der Waals surface area contributed by atoms with Gasteiger partial charge in [0.2, 0.25) is 0 Å². The molecule has 0 amide bonds. The molecule has 13 N–H and O–H groups in total. The molecule has 1 fully saturated rings. The summed E-state index contributed by atoms with van der Waals surface area (Å²) in [5.41, 5.74) is -0.792. The Morgan fingerprint density at radius 2 is 1.30 bits per heavy atom. The topological polar surface area (TPSA) is 314 Å². The van der Waals surface area contributed by atoms with Crippen LogP contribution in [0, 0.1) is 0 Å². The first kappa shape index (κ1) is 44.8. The smallest absolute Gasteiger partial charge is 0.334 e. The molecule has 0 aromatic heterocycles. The Balaban J connectivity index is 0.000000909. The molecule has 0 aromatic carbocycles. The van der Waals surface area contributed by atoms with E-state index in [9.17, 15) is 45.6 Å². The molecule has 0 bridgehead atoms. The van der Waals surface area contributed by atoms with Crippen LogP contribution in [-0.2, 0) is 19.0 Å². The van der Waals surface area contributed by atoms with Crippen molar-refractivity contribution in [2.75, 3.05) is 59.3 Å². The number of hydrogen-bond donors (Lipinski definition) is 13. The third-order valence-corrected chi connectivity index (χ3v) is 7.65. The van der Waals surface area contributed by atoms with Crippen LogP contribution in [0.3, 0.4) is 0 Å². The molecule has 0 saturated carbocycles. The van der Waals surface area contributed by atoms with E-state index < -0.39 is 86.3 Å². The summed E-state index contributed by atoms with van der Waals surface area (Å²) in [6.07, 6.45) is -12.2. The predicted molar refractivity (Wildman–Crippen MR) is 158 cm³/mol. The van der Waals surface area contributed by atoms with Crippen LogP contribution in [0.15, 0.2) is 0 Å². The lowest BCUT2D eigenvalue weighted by molar-refractivity contribution is -0.157. The zero-order valence-corrected chi connectivity index (χ0v) is 26.7. The molecule has 0 radical (unpaired) electrons. The molecule has 46 heavy (non-hydrogen) atoms. The Hall–Kier alpha value is -1.17. The number of hydrogen-bond acceptors (Lipinski definition) is 17. The third kappa shape index (κ3) is 17.3. The molecule has 1 saturated heterocycles. The zero-order chi connectivity index (χ0) is 35.6. The Morgan fingerprint density at radius 1 is 0.826 bits per heavy atom. The highest BCUT2D eigenvalue weighted by molar-refractivity contribution is 5.71. The van der Waals surface area contributed by atoms with Gasteiger partial charge in [0, 0.05) is 32.8 Å². The number of epoxide rings is 1. The lowest BCUT2D eigenvalue weighted by Gasteiger charge is -2.33. The van der Waals surface area contributed by atoms with Gasteiger partial charge < -0.3 is 80.6 Å². The summed E-state index contributed by atoms with van der Waals surface area (Å²) >= 11 is 0. The van der Waals surface area contributed by atoms with Gasteiger partial charge in [0.25, 0.3) is 0 Å². The van der Waals surface area contributed by atoms with Crippen LogP contribution in [0.4, 0.5) is 0 Å². The molecular weight excluding hydrogens is 622 g/mol. The fourth-order valence-corrected chi connectivity index (χ4v) is 4.09. The first-order chi connectivity index (χ1) is 21.5. The molecule has 1 rings (SSSR count). The third-order valence-electron chi connectivity index (χ3n) is 7.65. The van der Waals surface area contributed by atoms with Gasteiger partial charge in [-0.25, -0.2) is 4.79 Å². The van der Waals surface area contributed by atoms with E-state index in [4.69, 9.17) is 39.7 Å². The molecule has 12 atom stereocenters. The van der Waals surface area contributed by atoms with Gasteiger partial charge in [-0.05, 0) is 33.1 Å². The van der Waals surface area contributed by atoms with Crippen LogP contribution < -0.4 is 0 Å². The maximum absolute atomic E-state index is 10.4. The maximum atomic E-state index is 10.4. The first-order valence-electron chi connectivity index (χ1n) is 15.2. The maximum Gasteiger partial charge on any atom is 0.334 e. The normalized spacial score (nSPS) is 23.6. The molecule has 18 heteroatoms. The standard InChI is InChI=1S/C15H33NO10.C13H24O7/c17-3-1-10(21)14(25)12(23)6-16(5-9(20)8-19)7-13(24)15(26)11(22)2-4-18;1-4-13(3,19-6-10-8(2)20-10)11(15)7-18-5-9(14)12(16)17/h9-15,17-26H,1-8H2;8-11,14-15H,4-7H2,1-3H3,(H,16,17). The summed E-state index contributed by atoms with van der Waals surface area (Å²) < 4.78 is 16.0. The van der Waals surface area contributed by atoms with Crippen molar-refractivity contribution in [3.05, 3.63) is 0 Å². The molecular formula is C28H57NO17. The minimum absolute atomic E-state index is 0.0721. The van der Waals surface area contributed by atoms with E-state index in [1.54, 1.807) is 6.92 Å². The van der Waals surface area contributed by atoms with Gasteiger partial charge in [0.05, 0.1) is 68.7 Å². The number of aliphatic carboxylic acids is 1.